The first-order chi connectivity index (χ1) is 16.5. The largest absolute Gasteiger partial charge is 0.478 e. The molecule has 0 radical (unpaired) electrons. The van der Waals surface area contributed by atoms with Crippen molar-refractivity contribution in [2.75, 3.05) is 42.3 Å². The van der Waals surface area contributed by atoms with E-state index in [0.29, 0.717) is 5.69 Å². The third-order valence-corrected chi connectivity index (χ3v) is 6.50. The minimum atomic E-state index is -0.947. The minimum absolute atomic E-state index is 0.159. The Labute approximate surface area is 200 Å². The van der Waals surface area contributed by atoms with E-state index in [9.17, 15) is 9.90 Å². The number of nitrogens with zero attached hydrogens (tertiary/aromatic N) is 3. The van der Waals surface area contributed by atoms with Gasteiger partial charge in [-0.2, -0.15) is 0 Å². The van der Waals surface area contributed by atoms with E-state index in [2.05, 4.69) is 69.6 Å². The van der Waals surface area contributed by atoms with Crippen LogP contribution in [-0.2, 0) is 12.8 Å². The van der Waals surface area contributed by atoms with Crippen LogP contribution in [0.3, 0.4) is 0 Å². The SMILES string of the molecule is CN(c1ccc(N2CC(O)C2)cc1)c1ccc2c(c1)CCCC2.CNc1cnccc1C(=O)O. The van der Waals surface area contributed by atoms with Crippen LogP contribution >= 0.6 is 0 Å². The van der Waals surface area contributed by atoms with Gasteiger partial charge in [-0.1, -0.05) is 6.07 Å². The van der Waals surface area contributed by atoms with Crippen LogP contribution in [0, 0.1) is 0 Å². The average Bonchev–Trinajstić information content (AvgIpc) is 2.86. The van der Waals surface area contributed by atoms with E-state index < -0.39 is 5.97 Å². The number of aryl methyl sites for hydroxylation is 2. The van der Waals surface area contributed by atoms with Gasteiger partial charge in [0.1, 0.15) is 0 Å². The number of aromatic nitrogens is 1. The van der Waals surface area contributed by atoms with Gasteiger partial charge >= 0.3 is 5.97 Å². The molecule has 1 saturated heterocycles. The summed E-state index contributed by atoms with van der Waals surface area (Å²) in [5.74, 6) is -0.947. The molecule has 34 heavy (non-hydrogen) atoms. The number of aliphatic hydroxyl groups is 1. The lowest BCUT2D eigenvalue weighted by molar-refractivity contribution is 0.0697. The van der Waals surface area contributed by atoms with Gasteiger partial charge in [0.15, 0.2) is 0 Å². The molecule has 0 spiro atoms. The lowest BCUT2D eigenvalue weighted by Crippen LogP contribution is -2.50. The normalized spacial score (nSPS) is 14.9. The molecule has 0 unspecified atom stereocenters. The highest BCUT2D eigenvalue weighted by atomic mass is 16.4. The van der Waals surface area contributed by atoms with Crippen molar-refractivity contribution in [3.8, 4) is 0 Å². The molecule has 178 valence electrons. The van der Waals surface area contributed by atoms with Crippen molar-refractivity contribution in [1.82, 2.24) is 4.98 Å². The number of fused-ring (bicyclic) bond motifs is 1. The molecular weight excluding hydrogens is 428 g/mol. The van der Waals surface area contributed by atoms with Gasteiger partial charge in [0.2, 0.25) is 0 Å². The molecule has 3 aromatic rings. The van der Waals surface area contributed by atoms with Crippen molar-refractivity contribution in [3.05, 3.63) is 77.6 Å². The predicted molar refractivity (Wildman–Crippen MR) is 137 cm³/mol. The molecule has 0 atom stereocenters. The number of carboxylic acids is 1. The molecule has 1 aliphatic heterocycles. The number of β-amino-alcohol motifs (C(OH)–C–C–N with tert-alkyl or cyclic N) is 1. The summed E-state index contributed by atoms with van der Waals surface area (Å²) in [6.07, 6.45) is 7.86. The van der Waals surface area contributed by atoms with Crippen LogP contribution in [0.2, 0.25) is 0 Å². The molecule has 0 saturated carbocycles. The highest BCUT2D eigenvalue weighted by Gasteiger charge is 2.24. The summed E-state index contributed by atoms with van der Waals surface area (Å²) in [6, 6.07) is 17.0. The van der Waals surface area contributed by atoms with E-state index in [1.54, 1.807) is 7.05 Å². The molecule has 1 fully saturated rings. The zero-order valence-corrected chi connectivity index (χ0v) is 19.7. The van der Waals surface area contributed by atoms with Gasteiger partial charge in [0, 0.05) is 50.4 Å². The van der Waals surface area contributed by atoms with Gasteiger partial charge in [-0.15, -0.1) is 0 Å². The number of aromatic carboxylic acids is 1. The smallest absolute Gasteiger partial charge is 0.337 e. The molecule has 1 aromatic heterocycles. The molecule has 7 heteroatoms. The van der Waals surface area contributed by atoms with Crippen LogP contribution in [0.15, 0.2) is 60.9 Å². The second-order valence-corrected chi connectivity index (χ2v) is 8.77. The van der Waals surface area contributed by atoms with Gasteiger partial charge < -0.3 is 25.3 Å². The van der Waals surface area contributed by atoms with Gasteiger partial charge in [0.05, 0.1) is 23.6 Å². The maximum atomic E-state index is 10.5. The summed E-state index contributed by atoms with van der Waals surface area (Å²) < 4.78 is 0. The highest BCUT2D eigenvalue weighted by Crippen LogP contribution is 2.31. The number of pyridine rings is 1. The number of hydrogen-bond acceptors (Lipinski definition) is 6. The van der Waals surface area contributed by atoms with E-state index in [0.717, 1.165) is 13.1 Å². The van der Waals surface area contributed by atoms with Crippen LogP contribution in [0.25, 0.3) is 0 Å². The van der Waals surface area contributed by atoms with Gasteiger partial charge in [-0.25, -0.2) is 4.79 Å². The van der Waals surface area contributed by atoms with E-state index in [4.69, 9.17) is 5.11 Å². The molecule has 7 nitrogen and oxygen atoms in total. The number of carbonyl (C=O) groups is 1. The predicted octanol–water partition coefficient (Wildman–Crippen LogP) is 4.34. The summed E-state index contributed by atoms with van der Waals surface area (Å²) in [5.41, 5.74) is 7.47. The van der Waals surface area contributed by atoms with Crippen molar-refractivity contribution in [2.45, 2.75) is 31.8 Å². The molecule has 0 bridgehead atoms. The molecule has 2 aliphatic rings. The summed E-state index contributed by atoms with van der Waals surface area (Å²) in [7, 11) is 3.79. The third-order valence-electron chi connectivity index (χ3n) is 6.50. The molecule has 1 aliphatic carbocycles. The Bertz CT molecular complexity index is 1130. The maximum Gasteiger partial charge on any atom is 0.337 e. The molecular formula is C27H32N4O3. The third kappa shape index (κ3) is 5.31. The van der Waals surface area contributed by atoms with Crippen molar-refractivity contribution in [2.24, 2.45) is 0 Å². The quantitative estimate of drug-likeness (QED) is 0.522. The number of rotatable bonds is 5. The standard InChI is InChI=1S/C20H24N2O.C7H8N2O2/c1-21(19-7-6-15-4-2-3-5-16(15)12-19)17-8-10-18(11-9-17)22-13-20(23)14-22;1-8-6-4-9-3-2-5(6)7(10)11/h6-12,20,23H,2-5,13-14H2,1H3;2-4,8H,1H3,(H,10,11). The van der Waals surface area contributed by atoms with Gasteiger partial charge in [-0.05, 0) is 79.3 Å². The van der Waals surface area contributed by atoms with E-state index >= 15 is 0 Å². The fourth-order valence-corrected chi connectivity index (χ4v) is 4.41. The maximum absolute atomic E-state index is 10.5. The van der Waals surface area contributed by atoms with Crippen LogP contribution in [-0.4, -0.2) is 54.5 Å². The first kappa shape index (κ1) is 23.6. The number of aliphatic hydroxyl groups excluding tert-OH is 1. The Balaban J connectivity index is 0.000000210. The number of carboxylic acid groups (broad SMARTS) is 1. The van der Waals surface area contributed by atoms with Gasteiger partial charge in [-0.3, -0.25) is 4.98 Å². The lowest BCUT2D eigenvalue weighted by Gasteiger charge is -2.38. The van der Waals surface area contributed by atoms with E-state index in [1.165, 1.54) is 72.3 Å². The average molecular weight is 461 g/mol. The second kappa shape index (κ2) is 10.6. The second-order valence-electron chi connectivity index (χ2n) is 8.77. The zero-order chi connectivity index (χ0) is 24.1. The minimum Gasteiger partial charge on any atom is -0.478 e. The summed E-state index contributed by atoms with van der Waals surface area (Å²) in [4.78, 5) is 18.7. The van der Waals surface area contributed by atoms with Crippen LogP contribution < -0.4 is 15.1 Å². The Morgan fingerprint density at radius 1 is 1.03 bits per heavy atom. The fraction of sp³-hybridized carbons (Fsp3) is 0.333. The Hall–Kier alpha value is -3.58. The number of nitrogens with one attached hydrogen (secondary N) is 1. The highest BCUT2D eigenvalue weighted by molar-refractivity contribution is 5.93. The molecule has 3 N–H and O–H groups in total. The molecule has 5 rings (SSSR count). The molecule has 0 amide bonds. The Kier molecular flexibility index (Phi) is 7.33. The first-order valence-electron chi connectivity index (χ1n) is 11.7. The summed E-state index contributed by atoms with van der Waals surface area (Å²) in [5, 5.41) is 20.8. The summed E-state index contributed by atoms with van der Waals surface area (Å²) in [6.45, 7) is 1.50. The molecule has 2 heterocycles. The van der Waals surface area contributed by atoms with Crippen molar-refractivity contribution >= 4 is 28.7 Å². The van der Waals surface area contributed by atoms with Crippen LogP contribution in [0.1, 0.15) is 34.3 Å². The zero-order valence-electron chi connectivity index (χ0n) is 19.7. The van der Waals surface area contributed by atoms with Crippen LogP contribution in [0.5, 0.6) is 0 Å². The Morgan fingerprint density at radius 2 is 1.71 bits per heavy atom. The van der Waals surface area contributed by atoms with Gasteiger partial charge in [0.25, 0.3) is 0 Å². The topological polar surface area (TPSA) is 88.9 Å². The van der Waals surface area contributed by atoms with Crippen molar-refractivity contribution < 1.29 is 15.0 Å². The fourth-order valence-electron chi connectivity index (χ4n) is 4.41. The Morgan fingerprint density at radius 3 is 2.32 bits per heavy atom. The van der Waals surface area contributed by atoms with E-state index in [1.807, 2.05) is 0 Å². The number of hydrogen-bond donors (Lipinski definition) is 3. The van der Waals surface area contributed by atoms with Crippen LogP contribution in [0.4, 0.5) is 22.7 Å². The monoisotopic (exact) mass is 460 g/mol. The first-order valence-corrected chi connectivity index (χ1v) is 11.7. The van der Waals surface area contributed by atoms with Crippen molar-refractivity contribution in [3.63, 3.8) is 0 Å². The van der Waals surface area contributed by atoms with E-state index in [-0.39, 0.29) is 11.7 Å². The number of anilines is 4. The lowest BCUT2D eigenvalue weighted by atomic mass is 9.91. The molecule has 2 aromatic carbocycles. The summed E-state index contributed by atoms with van der Waals surface area (Å²) >= 11 is 0. The van der Waals surface area contributed by atoms with Crippen molar-refractivity contribution in [1.29, 1.82) is 0 Å². The number of benzene rings is 2.